The van der Waals surface area contributed by atoms with Crippen LogP contribution in [0.1, 0.15) is 19.4 Å². The van der Waals surface area contributed by atoms with Gasteiger partial charge in [-0.15, -0.1) is 0 Å². The fourth-order valence-electron chi connectivity index (χ4n) is 1.42. The molecule has 2 N–H and O–H groups in total. The second-order valence-electron chi connectivity index (χ2n) is 4.75. The van der Waals surface area contributed by atoms with E-state index >= 15 is 0 Å². The molecule has 0 bridgehead atoms. The van der Waals surface area contributed by atoms with Crippen LogP contribution in [-0.4, -0.2) is 46.7 Å². The second-order valence-corrected chi connectivity index (χ2v) is 5.38. The van der Waals surface area contributed by atoms with E-state index in [1.165, 1.54) is 0 Å². The molecule has 1 rings (SSSR count). The lowest BCUT2D eigenvalue weighted by molar-refractivity contribution is -0.144. The third-order valence-electron chi connectivity index (χ3n) is 2.46. The molecule has 0 aromatic carbocycles. The molecule has 0 aliphatic carbocycles. The number of rotatable bonds is 9. The normalized spacial score (nSPS) is 12.1. The Bertz CT molecular complexity index is 606. The number of nitrogens with one attached hydrogen (secondary N) is 1. The Morgan fingerprint density at radius 2 is 2.26 bits per heavy atom. The van der Waals surface area contributed by atoms with E-state index in [1.807, 2.05) is 19.9 Å². The van der Waals surface area contributed by atoms with Crippen LogP contribution < -0.4 is 10.1 Å². The van der Waals surface area contributed by atoms with E-state index in [-0.39, 0.29) is 18.5 Å². The zero-order chi connectivity index (χ0) is 17.2. The lowest BCUT2D eigenvalue weighted by atomic mass is 10.3. The maximum Gasteiger partial charge on any atom is 0.331 e. The summed E-state index contributed by atoms with van der Waals surface area (Å²) in [7, 11) is 0. The maximum atomic E-state index is 11.6. The predicted molar refractivity (Wildman–Crippen MR) is 82.1 cm³/mol. The van der Waals surface area contributed by atoms with Crippen LogP contribution >= 0.6 is 11.5 Å². The highest BCUT2D eigenvalue weighted by Gasteiger charge is 2.17. The molecule has 0 radical (unpaired) electrons. The topological polar surface area (TPSA) is 122 Å². The summed E-state index contributed by atoms with van der Waals surface area (Å²) >= 11 is 1.09. The van der Waals surface area contributed by atoms with Crippen LogP contribution in [0, 0.1) is 11.3 Å². The van der Waals surface area contributed by atoms with E-state index in [1.54, 1.807) is 5.38 Å². The summed E-state index contributed by atoms with van der Waals surface area (Å²) in [5, 5.41) is 22.0. The van der Waals surface area contributed by atoms with Gasteiger partial charge in [-0.1, -0.05) is 13.8 Å². The van der Waals surface area contributed by atoms with Crippen molar-refractivity contribution in [1.82, 2.24) is 9.69 Å². The molecule has 0 amide bonds. The van der Waals surface area contributed by atoms with E-state index < -0.39 is 18.0 Å². The van der Waals surface area contributed by atoms with Gasteiger partial charge in [-0.05, 0) is 11.5 Å². The Morgan fingerprint density at radius 3 is 2.87 bits per heavy atom. The van der Waals surface area contributed by atoms with Crippen LogP contribution in [0.5, 0.6) is 5.88 Å². The van der Waals surface area contributed by atoms with Crippen molar-refractivity contribution >= 4 is 23.5 Å². The van der Waals surface area contributed by atoms with Gasteiger partial charge in [0.25, 0.3) is 0 Å². The lowest BCUT2D eigenvalue weighted by Gasteiger charge is -2.19. The highest BCUT2D eigenvalue weighted by Crippen LogP contribution is 2.17. The molecule has 0 aliphatic heterocycles. The molecule has 0 aliphatic rings. The Kier molecular flexibility index (Phi) is 7.73. The molecule has 0 fully saturated rings. The Hall–Kier alpha value is -2.44. The minimum absolute atomic E-state index is 0.00914. The quantitative estimate of drug-likeness (QED) is 0.503. The zero-order valence-electron chi connectivity index (χ0n) is 12.7. The van der Waals surface area contributed by atoms with Gasteiger partial charge in [-0.2, -0.15) is 9.64 Å². The molecule has 9 heteroatoms. The van der Waals surface area contributed by atoms with Crippen molar-refractivity contribution in [3.8, 4) is 11.9 Å². The first kappa shape index (κ1) is 18.6. The number of ether oxygens (including phenoxy) is 2. The van der Waals surface area contributed by atoms with Crippen LogP contribution in [0.25, 0.3) is 0 Å². The number of carboxylic acid groups (broad SMARTS) is 1. The number of nitriles is 1. The fraction of sp³-hybridized carbons (Fsp3) is 0.429. The Balaban J connectivity index is 2.63. The molecule has 1 aromatic rings. The number of carbonyl (C=O) groups is 2. The third kappa shape index (κ3) is 7.39. The smallest absolute Gasteiger partial charge is 0.331 e. The molecule has 1 aromatic heterocycles. The average molecular weight is 339 g/mol. The molecule has 8 nitrogen and oxygen atoms in total. The summed E-state index contributed by atoms with van der Waals surface area (Å²) in [6, 6.07) is 2.11. The van der Waals surface area contributed by atoms with E-state index in [2.05, 4.69) is 9.69 Å². The largest absolute Gasteiger partial charge is 0.478 e. The molecule has 124 valence electrons. The van der Waals surface area contributed by atoms with Crippen molar-refractivity contribution in [3.05, 3.63) is 23.1 Å². The summed E-state index contributed by atoms with van der Waals surface area (Å²) in [4.78, 5) is 22.0. The average Bonchev–Trinajstić information content (AvgIpc) is 2.95. The molecule has 1 heterocycles. The summed E-state index contributed by atoms with van der Waals surface area (Å²) in [5.74, 6) is -1.84. The highest BCUT2D eigenvalue weighted by atomic mass is 32.1. The van der Waals surface area contributed by atoms with E-state index in [9.17, 15) is 9.59 Å². The second kappa shape index (κ2) is 9.55. The molecular weight excluding hydrogens is 322 g/mol. The number of aliphatic carboxylic acids is 1. The maximum absolute atomic E-state index is 11.6. The van der Waals surface area contributed by atoms with E-state index in [4.69, 9.17) is 19.8 Å². The van der Waals surface area contributed by atoms with Crippen molar-refractivity contribution in [2.24, 2.45) is 0 Å². The third-order valence-corrected chi connectivity index (χ3v) is 3.07. The monoisotopic (exact) mass is 339 g/mol. The summed E-state index contributed by atoms with van der Waals surface area (Å²) in [6.45, 7) is 4.16. The van der Waals surface area contributed by atoms with Crippen LogP contribution in [0.15, 0.2) is 17.5 Å². The van der Waals surface area contributed by atoms with E-state index in [0.29, 0.717) is 18.2 Å². The number of hydrogen-bond donors (Lipinski definition) is 2. The van der Waals surface area contributed by atoms with Gasteiger partial charge in [0.05, 0.1) is 0 Å². The van der Waals surface area contributed by atoms with Crippen molar-refractivity contribution in [2.45, 2.75) is 26.0 Å². The zero-order valence-corrected chi connectivity index (χ0v) is 13.5. The van der Waals surface area contributed by atoms with Gasteiger partial charge in [0, 0.05) is 30.1 Å². The number of aromatic nitrogens is 1. The highest BCUT2D eigenvalue weighted by molar-refractivity contribution is 7.03. The first-order chi connectivity index (χ1) is 10.9. The SMILES string of the molecule is CC(C)NCC(COc1nscc1C#N)OC(=O)/C=C\C(=O)O. The molecule has 23 heavy (non-hydrogen) atoms. The van der Waals surface area contributed by atoms with Crippen molar-refractivity contribution < 1.29 is 24.2 Å². The minimum Gasteiger partial charge on any atom is -0.478 e. The van der Waals surface area contributed by atoms with E-state index in [0.717, 1.165) is 17.6 Å². The van der Waals surface area contributed by atoms with Gasteiger partial charge in [0.2, 0.25) is 5.88 Å². The molecular formula is C14H17N3O5S. The van der Waals surface area contributed by atoms with Crippen molar-refractivity contribution in [3.63, 3.8) is 0 Å². The number of carboxylic acids is 1. The van der Waals surface area contributed by atoms with Gasteiger partial charge in [-0.3, -0.25) is 0 Å². The first-order valence-corrected chi connectivity index (χ1v) is 7.58. The summed E-state index contributed by atoms with van der Waals surface area (Å²) in [6.07, 6.45) is 0.870. The summed E-state index contributed by atoms with van der Waals surface area (Å²) in [5.41, 5.74) is 0.308. The number of hydrogen-bond acceptors (Lipinski definition) is 8. The van der Waals surface area contributed by atoms with Gasteiger partial charge in [-0.25, -0.2) is 9.59 Å². The Labute approximate surface area is 137 Å². The molecule has 1 unspecified atom stereocenters. The van der Waals surface area contributed by atoms with Crippen molar-refractivity contribution in [2.75, 3.05) is 13.2 Å². The predicted octanol–water partition coefficient (Wildman–Crippen LogP) is 0.944. The van der Waals surface area contributed by atoms with Gasteiger partial charge >= 0.3 is 11.9 Å². The van der Waals surface area contributed by atoms with Gasteiger partial charge in [0.15, 0.2) is 0 Å². The number of esters is 1. The minimum atomic E-state index is -1.24. The van der Waals surface area contributed by atoms with Crippen LogP contribution in [0.4, 0.5) is 0 Å². The van der Waals surface area contributed by atoms with Crippen LogP contribution in [0.3, 0.4) is 0 Å². The number of nitrogens with zero attached hydrogens (tertiary/aromatic N) is 2. The van der Waals surface area contributed by atoms with Gasteiger partial charge in [0.1, 0.15) is 24.3 Å². The summed E-state index contributed by atoms with van der Waals surface area (Å²) < 4.78 is 14.5. The molecule has 0 spiro atoms. The standard InChI is InChI=1S/C14H17N3O5S/c1-9(2)16-6-11(22-13(20)4-3-12(18)19)7-21-14-10(5-15)8-23-17-14/h3-4,8-9,11,16H,6-7H2,1-2H3,(H,18,19)/b4-3-. The lowest BCUT2D eigenvalue weighted by Crippen LogP contribution is -2.38. The fourth-order valence-corrected chi connectivity index (χ4v) is 1.98. The molecule has 0 saturated heterocycles. The van der Waals surface area contributed by atoms with Crippen LogP contribution in [0.2, 0.25) is 0 Å². The van der Waals surface area contributed by atoms with Crippen LogP contribution in [-0.2, 0) is 14.3 Å². The van der Waals surface area contributed by atoms with Crippen molar-refractivity contribution in [1.29, 1.82) is 5.26 Å². The molecule has 0 saturated carbocycles. The molecule has 1 atom stereocenters. The first-order valence-electron chi connectivity index (χ1n) is 6.74. The van der Waals surface area contributed by atoms with Gasteiger partial charge < -0.3 is 19.9 Å². The Morgan fingerprint density at radius 1 is 1.52 bits per heavy atom. The number of carbonyl (C=O) groups excluding carboxylic acids is 1.